The number of carbonyl (C=O) groups excluding carboxylic acids is 1. The number of rotatable bonds is 6. The van der Waals surface area contributed by atoms with Crippen LogP contribution in [0.3, 0.4) is 0 Å². The minimum atomic E-state index is -0.421. The molecule has 10 heteroatoms. The number of anilines is 2. The third kappa shape index (κ3) is 5.31. The van der Waals surface area contributed by atoms with Gasteiger partial charge in [-0.25, -0.2) is 9.18 Å². The summed E-state index contributed by atoms with van der Waals surface area (Å²) in [6.45, 7) is 2.40. The van der Waals surface area contributed by atoms with E-state index in [0.29, 0.717) is 32.9 Å². The third-order valence-electron chi connectivity index (χ3n) is 4.00. The minimum Gasteiger partial charge on any atom is -0.465 e. The van der Waals surface area contributed by atoms with Gasteiger partial charge in [0.15, 0.2) is 5.11 Å². The van der Waals surface area contributed by atoms with Crippen LogP contribution in [0.5, 0.6) is 0 Å². The maximum atomic E-state index is 13.2. The molecule has 3 rings (SSSR count). The number of aryl methyl sites for hydroxylation is 1. The van der Waals surface area contributed by atoms with Gasteiger partial charge in [0.2, 0.25) is 0 Å². The molecule has 0 saturated carbocycles. The number of thiophene rings is 1. The number of carbonyl (C=O) groups is 1. The molecule has 2 heterocycles. The van der Waals surface area contributed by atoms with E-state index >= 15 is 0 Å². The summed E-state index contributed by atoms with van der Waals surface area (Å²) < 4.78 is 19.7. The van der Waals surface area contributed by atoms with Gasteiger partial charge in [0, 0.05) is 16.1 Å². The van der Waals surface area contributed by atoms with Gasteiger partial charge in [-0.05, 0) is 42.4 Å². The second-order valence-corrected chi connectivity index (χ2v) is 7.99. The van der Waals surface area contributed by atoms with Crippen molar-refractivity contribution in [2.75, 3.05) is 17.7 Å². The van der Waals surface area contributed by atoms with Gasteiger partial charge in [0.05, 0.1) is 31.1 Å². The summed E-state index contributed by atoms with van der Waals surface area (Å²) in [5, 5.41) is 11.6. The number of esters is 1. The zero-order valence-electron chi connectivity index (χ0n) is 15.7. The quantitative estimate of drug-likeness (QED) is 0.407. The predicted molar refractivity (Wildman–Crippen MR) is 118 cm³/mol. The number of hydrogen-bond acceptors (Lipinski definition) is 5. The molecule has 0 spiro atoms. The zero-order valence-corrected chi connectivity index (χ0v) is 18.1. The van der Waals surface area contributed by atoms with Crippen molar-refractivity contribution in [1.29, 1.82) is 0 Å². The predicted octanol–water partition coefficient (Wildman–Crippen LogP) is 4.94. The van der Waals surface area contributed by atoms with Gasteiger partial charge in [0.1, 0.15) is 10.8 Å². The Hall–Kier alpha value is -2.49. The Labute approximate surface area is 181 Å². The molecule has 3 aromatic rings. The van der Waals surface area contributed by atoms with E-state index in [4.69, 9.17) is 28.6 Å². The minimum absolute atomic E-state index is 0.319. The van der Waals surface area contributed by atoms with E-state index in [1.165, 1.54) is 30.6 Å². The molecule has 0 radical (unpaired) electrons. The number of thiocarbonyl (C=S) groups is 1. The first-order valence-corrected chi connectivity index (χ1v) is 10.2. The first-order chi connectivity index (χ1) is 13.9. The van der Waals surface area contributed by atoms with Gasteiger partial charge in [-0.15, -0.1) is 11.3 Å². The third-order valence-corrected chi connectivity index (χ3v) is 5.75. The Bertz CT molecular complexity index is 1050. The highest BCUT2D eigenvalue weighted by molar-refractivity contribution is 7.80. The van der Waals surface area contributed by atoms with E-state index in [2.05, 4.69) is 15.7 Å². The van der Waals surface area contributed by atoms with Gasteiger partial charge in [-0.2, -0.15) is 5.10 Å². The first-order valence-electron chi connectivity index (χ1n) is 8.65. The van der Waals surface area contributed by atoms with Crippen LogP contribution >= 0.6 is 35.2 Å². The van der Waals surface area contributed by atoms with Crippen molar-refractivity contribution in [3.63, 3.8) is 0 Å². The van der Waals surface area contributed by atoms with E-state index < -0.39 is 5.97 Å². The standard InChI is InChI=1S/C19H18ClFN4O2S2/c1-3-14-7-15(18(26)27-2)17(29-14)24-19(28)23-13-8-22-25(10-13)9-11-4-5-12(21)6-16(11)20/h4-8,10H,3,9H2,1-2H3,(H2,23,24,28). The van der Waals surface area contributed by atoms with Crippen LogP contribution in [0.15, 0.2) is 36.7 Å². The molecule has 1 aromatic carbocycles. The fourth-order valence-corrected chi connectivity index (χ4v) is 4.08. The maximum Gasteiger partial charge on any atom is 0.340 e. The lowest BCUT2D eigenvalue weighted by Gasteiger charge is -2.09. The van der Waals surface area contributed by atoms with Crippen LogP contribution in [0.1, 0.15) is 27.7 Å². The van der Waals surface area contributed by atoms with Crippen LogP contribution in [0.4, 0.5) is 15.1 Å². The topological polar surface area (TPSA) is 68.2 Å². The first kappa shape index (κ1) is 21.2. The van der Waals surface area contributed by atoms with Crippen LogP contribution < -0.4 is 10.6 Å². The van der Waals surface area contributed by atoms with Crippen LogP contribution in [0, 0.1) is 5.82 Å². The molecular weight excluding hydrogens is 435 g/mol. The summed E-state index contributed by atoms with van der Waals surface area (Å²) in [7, 11) is 1.34. The average Bonchev–Trinajstić information content (AvgIpc) is 3.30. The van der Waals surface area contributed by atoms with Crippen molar-refractivity contribution >= 4 is 56.9 Å². The van der Waals surface area contributed by atoms with Crippen molar-refractivity contribution in [1.82, 2.24) is 9.78 Å². The molecule has 2 aromatic heterocycles. The van der Waals surface area contributed by atoms with Gasteiger partial charge in [-0.3, -0.25) is 4.68 Å². The smallest absolute Gasteiger partial charge is 0.340 e. The fourth-order valence-electron chi connectivity index (χ4n) is 2.58. The number of halogens is 2. The molecule has 152 valence electrons. The summed E-state index contributed by atoms with van der Waals surface area (Å²) in [6, 6.07) is 6.04. The number of nitrogens with zero attached hydrogens (tertiary/aromatic N) is 2. The maximum absolute atomic E-state index is 13.2. The molecule has 29 heavy (non-hydrogen) atoms. The molecule has 6 nitrogen and oxygen atoms in total. The molecule has 0 aliphatic heterocycles. The van der Waals surface area contributed by atoms with Crippen molar-refractivity contribution in [3.05, 3.63) is 63.5 Å². The van der Waals surface area contributed by atoms with Crippen LogP contribution in [-0.2, 0) is 17.7 Å². The molecule has 0 aliphatic rings. The lowest BCUT2D eigenvalue weighted by Crippen LogP contribution is -2.19. The second-order valence-electron chi connectivity index (χ2n) is 6.04. The van der Waals surface area contributed by atoms with Crippen LogP contribution in [-0.4, -0.2) is 28.0 Å². The molecule has 0 atom stereocenters. The van der Waals surface area contributed by atoms with Gasteiger partial charge >= 0.3 is 5.97 Å². The molecule has 0 saturated heterocycles. The molecule has 0 aliphatic carbocycles. The van der Waals surface area contributed by atoms with E-state index in [9.17, 15) is 9.18 Å². The number of aromatic nitrogens is 2. The highest BCUT2D eigenvalue weighted by atomic mass is 35.5. The lowest BCUT2D eigenvalue weighted by atomic mass is 10.2. The summed E-state index contributed by atoms with van der Waals surface area (Å²) in [5.74, 6) is -0.806. The SMILES string of the molecule is CCc1cc(C(=O)OC)c(NC(=S)Nc2cnn(Cc3ccc(F)cc3Cl)c2)s1. The summed E-state index contributed by atoms with van der Waals surface area (Å²) in [6.07, 6.45) is 4.16. The number of nitrogens with one attached hydrogen (secondary N) is 2. The Morgan fingerprint density at radius 3 is 2.86 bits per heavy atom. The Kier molecular flexibility index (Phi) is 6.83. The van der Waals surface area contributed by atoms with Crippen molar-refractivity contribution < 1.29 is 13.9 Å². The molecule has 0 fully saturated rings. The number of hydrogen-bond donors (Lipinski definition) is 2. The molecule has 2 N–H and O–H groups in total. The lowest BCUT2D eigenvalue weighted by molar-refractivity contribution is 0.0602. The van der Waals surface area contributed by atoms with Gasteiger partial charge < -0.3 is 15.4 Å². The monoisotopic (exact) mass is 452 g/mol. The molecule has 0 bridgehead atoms. The van der Waals surface area contributed by atoms with E-state index in [1.54, 1.807) is 29.2 Å². The average molecular weight is 453 g/mol. The highest BCUT2D eigenvalue weighted by Crippen LogP contribution is 2.29. The van der Waals surface area contributed by atoms with Crippen molar-refractivity contribution in [3.8, 4) is 0 Å². The number of methoxy groups -OCH3 is 1. The Morgan fingerprint density at radius 2 is 2.17 bits per heavy atom. The van der Waals surface area contributed by atoms with E-state index in [0.717, 1.165) is 16.9 Å². The Morgan fingerprint density at radius 1 is 1.38 bits per heavy atom. The van der Waals surface area contributed by atoms with Crippen LogP contribution in [0.25, 0.3) is 0 Å². The normalized spacial score (nSPS) is 10.6. The largest absolute Gasteiger partial charge is 0.465 e. The summed E-state index contributed by atoms with van der Waals surface area (Å²) >= 11 is 12.9. The molecule has 0 amide bonds. The Balaban J connectivity index is 1.66. The fraction of sp³-hybridized carbons (Fsp3) is 0.211. The number of ether oxygens (including phenoxy) is 1. The summed E-state index contributed by atoms with van der Waals surface area (Å²) in [4.78, 5) is 13.0. The van der Waals surface area contributed by atoms with Crippen molar-refractivity contribution in [2.24, 2.45) is 0 Å². The van der Waals surface area contributed by atoms with E-state index in [1.807, 2.05) is 6.92 Å². The second kappa shape index (κ2) is 9.34. The van der Waals surface area contributed by atoms with Crippen molar-refractivity contribution in [2.45, 2.75) is 19.9 Å². The van der Waals surface area contributed by atoms with Crippen LogP contribution in [0.2, 0.25) is 5.02 Å². The molecular formula is C19H18ClFN4O2S2. The molecule has 0 unspecified atom stereocenters. The van der Waals surface area contributed by atoms with Gasteiger partial charge in [0.25, 0.3) is 0 Å². The number of benzene rings is 1. The zero-order chi connectivity index (χ0) is 21.0. The highest BCUT2D eigenvalue weighted by Gasteiger charge is 2.17. The summed E-state index contributed by atoms with van der Waals surface area (Å²) in [5.41, 5.74) is 1.85. The van der Waals surface area contributed by atoms with Gasteiger partial charge in [-0.1, -0.05) is 24.6 Å². The van der Waals surface area contributed by atoms with E-state index in [-0.39, 0.29) is 5.82 Å².